The molecule has 9 nitrogen and oxygen atoms in total. The molecular weight excluding hydrogens is 539 g/mol. The number of hydrogen-bond donors (Lipinski definition) is 2. The molecule has 4 aromatic rings. The van der Waals surface area contributed by atoms with Gasteiger partial charge in [-0.15, -0.1) is 0 Å². The number of nitrogens with one attached hydrogen (secondary N) is 1. The Kier molecular flexibility index (Phi) is 6.60. The van der Waals surface area contributed by atoms with Crippen molar-refractivity contribution in [3.8, 4) is 11.3 Å². The Balaban J connectivity index is 1.70. The van der Waals surface area contributed by atoms with Crippen molar-refractivity contribution in [2.45, 2.75) is 32.6 Å². The fourth-order valence-electron chi connectivity index (χ4n) is 3.60. The maximum Gasteiger partial charge on any atom is 0.278 e. The summed E-state index contributed by atoms with van der Waals surface area (Å²) in [5.74, 6) is -1.19. The summed E-state index contributed by atoms with van der Waals surface area (Å²) in [6, 6.07) is 8.78. The van der Waals surface area contributed by atoms with Crippen molar-refractivity contribution in [2.75, 3.05) is 10.5 Å². The second kappa shape index (κ2) is 9.34. The number of nitrogen functional groups attached to an aromatic ring is 1. The average Bonchev–Trinajstić information content (AvgIpc) is 2.76. The summed E-state index contributed by atoms with van der Waals surface area (Å²) in [6.07, 6.45) is 1.39. The summed E-state index contributed by atoms with van der Waals surface area (Å²) in [5.41, 5.74) is 7.22. The smallest absolute Gasteiger partial charge is 0.278 e. The zero-order valence-electron chi connectivity index (χ0n) is 19.1. The van der Waals surface area contributed by atoms with Crippen molar-refractivity contribution in [3.63, 3.8) is 0 Å². The third-order valence-electron chi connectivity index (χ3n) is 5.23. The van der Waals surface area contributed by atoms with Gasteiger partial charge in [0.25, 0.3) is 5.56 Å². The molecule has 182 valence electrons. The minimum atomic E-state index is -3.91. The van der Waals surface area contributed by atoms with Gasteiger partial charge in [0.2, 0.25) is 16.0 Å². The summed E-state index contributed by atoms with van der Waals surface area (Å²) < 4.78 is 44.7. The molecule has 0 bridgehead atoms. The maximum absolute atomic E-state index is 15.0. The second-order valence-electron chi connectivity index (χ2n) is 8.32. The number of aromatic nitrogens is 4. The van der Waals surface area contributed by atoms with Crippen molar-refractivity contribution in [1.29, 1.82) is 0 Å². The number of anilines is 2. The number of nitrogens with two attached hydrogens (primary N) is 1. The average molecular weight is 561 g/mol. The van der Waals surface area contributed by atoms with Crippen LogP contribution in [0.15, 0.2) is 51.9 Å². The lowest BCUT2D eigenvalue weighted by Gasteiger charge is -2.15. The van der Waals surface area contributed by atoms with Gasteiger partial charge in [-0.25, -0.2) is 22.8 Å². The summed E-state index contributed by atoms with van der Waals surface area (Å²) in [4.78, 5) is 25.6. The van der Waals surface area contributed by atoms with Crippen LogP contribution < -0.4 is 16.0 Å². The normalized spacial score (nSPS) is 11.8. The number of fused-ring (bicyclic) bond motifs is 1. The number of sulfonamides is 1. The van der Waals surface area contributed by atoms with Gasteiger partial charge in [0.05, 0.1) is 17.6 Å². The van der Waals surface area contributed by atoms with Crippen LogP contribution in [0.1, 0.15) is 31.0 Å². The van der Waals surface area contributed by atoms with Crippen LogP contribution >= 0.6 is 15.9 Å². The van der Waals surface area contributed by atoms with E-state index in [1.807, 2.05) is 6.92 Å². The second-order valence-corrected chi connectivity index (χ2v) is 10.9. The highest BCUT2D eigenvalue weighted by molar-refractivity contribution is 9.10. The molecule has 4 rings (SSSR count). The van der Waals surface area contributed by atoms with E-state index in [1.165, 1.54) is 22.9 Å². The molecule has 0 aliphatic heterocycles. The van der Waals surface area contributed by atoms with Crippen LogP contribution in [0.3, 0.4) is 0 Å². The molecular formula is C23H22BrFN6O3S. The van der Waals surface area contributed by atoms with Crippen molar-refractivity contribution in [3.05, 3.63) is 74.4 Å². The molecule has 12 heteroatoms. The Morgan fingerprint density at radius 2 is 1.91 bits per heavy atom. The van der Waals surface area contributed by atoms with Crippen molar-refractivity contribution in [1.82, 2.24) is 19.5 Å². The molecule has 0 radical (unpaired) electrons. The first-order chi connectivity index (χ1) is 16.4. The topological polar surface area (TPSA) is 133 Å². The van der Waals surface area contributed by atoms with E-state index in [2.05, 4.69) is 35.6 Å². The van der Waals surface area contributed by atoms with E-state index < -0.39 is 21.4 Å². The van der Waals surface area contributed by atoms with Gasteiger partial charge in [-0.05, 0) is 50.1 Å². The first kappa shape index (κ1) is 24.7. The molecule has 2 aromatic heterocycles. The van der Waals surface area contributed by atoms with Crippen LogP contribution in [-0.2, 0) is 15.8 Å². The van der Waals surface area contributed by atoms with Crippen LogP contribution in [0.2, 0.25) is 0 Å². The molecule has 0 saturated carbocycles. The van der Waals surface area contributed by atoms with Crippen LogP contribution in [0, 0.1) is 12.7 Å². The van der Waals surface area contributed by atoms with Crippen molar-refractivity contribution < 1.29 is 12.8 Å². The number of rotatable bonds is 6. The van der Waals surface area contributed by atoms with Gasteiger partial charge in [0.15, 0.2) is 5.65 Å². The zero-order chi connectivity index (χ0) is 25.5. The molecule has 0 saturated heterocycles. The lowest BCUT2D eigenvalue weighted by molar-refractivity contribution is 0.593. The first-order valence-electron chi connectivity index (χ1n) is 10.6. The first-order valence-corrected chi connectivity index (χ1v) is 13.0. The van der Waals surface area contributed by atoms with Crippen LogP contribution in [-0.4, -0.2) is 27.9 Å². The SMILES string of the molecule is Cc1ccc(CS(=O)(=O)Nc2ccc(-c3nc4cnc(N)nc4n(C(C)C)c3=O)cc2F)c(Br)c1. The Bertz CT molecular complexity index is 1620. The molecule has 0 aliphatic rings. The third-order valence-corrected chi connectivity index (χ3v) is 7.19. The Hall–Kier alpha value is -3.38. The van der Waals surface area contributed by atoms with Gasteiger partial charge >= 0.3 is 0 Å². The van der Waals surface area contributed by atoms with Gasteiger partial charge in [-0.1, -0.05) is 34.1 Å². The lowest BCUT2D eigenvalue weighted by Crippen LogP contribution is -2.26. The molecule has 2 heterocycles. The van der Waals surface area contributed by atoms with Gasteiger partial charge in [-0.2, -0.15) is 4.98 Å². The van der Waals surface area contributed by atoms with E-state index in [0.29, 0.717) is 15.6 Å². The minimum Gasteiger partial charge on any atom is -0.368 e. The van der Waals surface area contributed by atoms with Gasteiger partial charge in [0, 0.05) is 16.1 Å². The largest absolute Gasteiger partial charge is 0.368 e. The number of aryl methyl sites for hydroxylation is 1. The summed E-state index contributed by atoms with van der Waals surface area (Å²) >= 11 is 3.36. The van der Waals surface area contributed by atoms with Gasteiger partial charge in [-0.3, -0.25) is 14.1 Å². The van der Waals surface area contributed by atoms with Crippen LogP contribution in [0.4, 0.5) is 16.0 Å². The predicted molar refractivity (Wildman–Crippen MR) is 137 cm³/mol. The monoisotopic (exact) mass is 560 g/mol. The molecule has 0 unspecified atom stereocenters. The summed E-state index contributed by atoms with van der Waals surface area (Å²) in [7, 11) is -3.91. The van der Waals surface area contributed by atoms with Crippen LogP contribution in [0.25, 0.3) is 22.4 Å². The van der Waals surface area contributed by atoms with Gasteiger partial charge in [0.1, 0.15) is 17.0 Å². The van der Waals surface area contributed by atoms with E-state index in [4.69, 9.17) is 5.73 Å². The Labute approximate surface area is 209 Å². The van der Waals surface area contributed by atoms with Crippen molar-refractivity contribution in [2.24, 2.45) is 0 Å². The van der Waals surface area contributed by atoms with E-state index in [0.717, 1.165) is 11.6 Å². The molecule has 35 heavy (non-hydrogen) atoms. The lowest BCUT2D eigenvalue weighted by atomic mass is 10.1. The molecule has 0 amide bonds. The number of nitrogens with zero attached hydrogens (tertiary/aromatic N) is 4. The fourth-order valence-corrected chi connectivity index (χ4v) is 5.66. The molecule has 0 fully saturated rings. The van der Waals surface area contributed by atoms with Crippen molar-refractivity contribution >= 4 is 48.8 Å². The van der Waals surface area contributed by atoms with E-state index in [1.54, 1.807) is 32.0 Å². The Morgan fingerprint density at radius 1 is 1.17 bits per heavy atom. The molecule has 0 aliphatic carbocycles. The molecule has 0 atom stereocenters. The third kappa shape index (κ3) is 5.17. The fraction of sp³-hybridized carbons (Fsp3) is 0.217. The maximum atomic E-state index is 15.0. The number of hydrogen-bond acceptors (Lipinski definition) is 7. The van der Waals surface area contributed by atoms with E-state index >= 15 is 0 Å². The zero-order valence-corrected chi connectivity index (χ0v) is 21.5. The summed E-state index contributed by atoms with van der Waals surface area (Å²) in [5, 5.41) is 0. The summed E-state index contributed by atoms with van der Waals surface area (Å²) in [6.45, 7) is 5.49. The highest BCUT2D eigenvalue weighted by Gasteiger charge is 2.20. The minimum absolute atomic E-state index is 0.00111. The molecule has 2 aromatic carbocycles. The number of benzene rings is 2. The standard InChI is InChI=1S/C23H22BrFN6O3S/c1-12(2)31-21-19(10-27-23(26)29-21)28-20(22(31)32)14-6-7-18(17(25)9-14)30-35(33,34)11-15-5-4-13(3)8-16(15)24/h4-10,12,30H,11H2,1-3H3,(H2,26,27,29). The van der Waals surface area contributed by atoms with E-state index in [-0.39, 0.29) is 40.3 Å². The van der Waals surface area contributed by atoms with Crippen LogP contribution in [0.5, 0.6) is 0 Å². The Morgan fingerprint density at radius 3 is 2.57 bits per heavy atom. The molecule has 0 spiro atoms. The van der Waals surface area contributed by atoms with E-state index in [9.17, 15) is 17.6 Å². The number of halogens is 2. The predicted octanol–water partition coefficient (Wildman–Crippen LogP) is 4.17. The molecule has 3 N–H and O–H groups in total. The highest BCUT2D eigenvalue weighted by Crippen LogP contribution is 2.26. The highest BCUT2D eigenvalue weighted by atomic mass is 79.9. The quantitative estimate of drug-likeness (QED) is 0.361. The van der Waals surface area contributed by atoms with Gasteiger partial charge < -0.3 is 5.73 Å².